The average molecular weight is 410 g/mol. The number of nitrogens with zero attached hydrogens (tertiary/aromatic N) is 5. The molecule has 0 aliphatic carbocycles. The minimum absolute atomic E-state index is 0.244. The Bertz CT molecular complexity index is 1090. The van der Waals surface area contributed by atoms with E-state index >= 15 is 0 Å². The number of aryl methyl sites for hydroxylation is 1. The van der Waals surface area contributed by atoms with Gasteiger partial charge in [-0.15, -0.1) is 5.10 Å². The molecule has 0 saturated heterocycles. The lowest BCUT2D eigenvalue weighted by molar-refractivity contribution is 0.590. The van der Waals surface area contributed by atoms with Crippen molar-refractivity contribution in [1.29, 1.82) is 0 Å². The van der Waals surface area contributed by atoms with E-state index in [0.717, 1.165) is 22.8 Å². The smallest absolute Gasteiger partial charge is 0.266 e. The third kappa shape index (κ3) is 2.70. The minimum atomic E-state index is -3.70. The molecule has 0 atom stereocenters. The highest BCUT2D eigenvalue weighted by atomic mass is 35.5. The quantitative estimate of drug-likeness (QED) is 0.661. The van der Waals surface area contributed by atoms with Gasteiger partial charge in [-0.05, 0) is 31.9 Å². The monoisotopic (exact) mass is 409 g/mol. The number of benzene rings is 1. The van der Waals surface area contributed by atoms with Crippen molar-refractivity contribution in [2.75, 3.05) is 10.8 Å². The number of para-hydroxylation sites is 1. The Kier molecular flexibility index (Phi) is 4.25. The standard InChI is InChI=1S/C16H16ClN5O2S2/c1-10-15(11(2)21(19-10)9-13-16(17)25-20-18-13)26(23,24)22-8-7-12-5-3-4-6-14(12)22/h3-6H,7-9H2,1-2H3. The molecule has 1 aliphatic rings. The molecule has 10 heteroatoms. The van der Waals surface area contributed by atoms with Crippen LogP contribution in [0.25, 0.3) is 0 Å². The van der Waals surface area contributed by atoms with Gasteiger partial charge in [0.05, 0.1) is 23.6 Å². The van der Waals surface area contributed by atoms with Gasteiger partial charge >= 0.3 is 0 Å². The first-order valence-electron chi connectivity index (χ1n) is 8.01. The van der Waals surface area contributed by atoms with E-state index in [0.29, 0.717) is 34.4 Å². The molecule has 7 nitrogen and oxygen atoms in total. The molecule has 0 radical (unpaired) electrons. The highest BCUT2D eigenvalue weighted by molar-refractivity contribution is 7.93. The SMILES string of the molecule is Cc1nn(Cc2nnsc2Cl)c(C)c1S(=O)(=O)N1CCc2ccccc21. The molecule has 2 aromatic heterocycles. The van der Waals surface area contributed by atoms with Crippen LogP contribution in [0.5, 0.6) is 0 Å². The molecular formula is C16H16ClN5O2S2. The molecule has 0 fully saturated rings. The second-order valence-corrected chi connectivity index (χ2v) is 9.26. The third-order valence-electron chi connectivity index (χ3n) is 4.52. The average Bonchev–Trinajstić information content (AvgIpc) is 3.27. The molecule has 0 bridgehead atoms. The Hall–Kier alpha value is -1.97. The van der Waals surface area contributed by atoms with Crippen LogP contribution in [0.2, 0.25) is 4.34 Å². The summed E-state index contributed by atoms with van der Waals surface area (Å²) in [5, 5.41) is 8.39. The molecule has 3 aromatic rings. The van der Waals surface area contributed by atoms with E-state index in [1.807, 2.05) is 24.3 Å². The van der Waals surface area contributed by atoms with Crippen LogP contribution in [0.15, 0.2) is 29.2 Å². The van der Waals surface area contributed by atoms with Crippen LogP contribution in [0.3, 0.4) is 0 Å². The van der Waals surface area contributed by atoms with Crippen LogP contribution in [0.4, 0.5) is 5.69 Å². The lowest BCUT2D eigenvalue weighted by atomic mass is 10.2. The predicted molar refractivity (Wildman–Crippen MR) is 100 cm³/mol. The predicted octanol–water partition coefficient (Wildman–Crippen LogP) is 2.80. The molecule has 26 heavy (non-hydrogen) atoms. The van der Waals surface area contributed by atoms with Crippen LogP contribution in [-0.2, 0) is 23.0 Å². The van der Waals surface area contributed by atoms with Crippen LogP contribution in [0, 0.1) is 13.8 Å². The lowest BCUT2D eigenvalue weighted by Gasteiger charge is -2.19. The Balaban J connectivity index is 1.75. The van der Waals surface area contributed by atoms with Gasteiger partial charge in [0.25, 0.3) is 10.0 Å². The second-order valence-electron chi connectivity index (χ2n) is 6.11. The van der Waals surface area contributed by atoms with E-state index in [9.17, 15) is 8.42 Å². The van der Waals surface area contributed by atoms with Gasteiger partial charge < -0.3 is 0 Å². The van der Waals surface area contributed by atoms with Crippen molar-refractivity contribution in [3.05, 3.63) is 51.2 Å². The van der Waals surface area contributed by atoms with E-state index in [1.165, 1.54) is 4.31 Å². The summed E-state index contributed by atoms with van der Waals surface area (Å²) in [4.78, 5) is 0.244. The highest BCUT2D eigenvalue weighted by Gasteiger charge is 2.35. The minimum Gasteiger partial charge on any atom is -0.266 e. The summed E-state index contributed by atoms with van der Waals surface area (Å²) in [7, 11) is -3.70. The fourth-order valence-corrected chi connectivity index (χ4v) is 5.80. The summed E-state index contributed by atoms with van der Waals surface area (Å²) in [5.74, 6) is 0. The van der Waals surface area contributed by atoms with Crippen molar-refractivity contribution in [2.45, 2.75) is 31.7 Å². The first kappa shape index (κ1) is 17.4. The summed E-state index contributed by atoms with van der Waals surface area (Å²) >= 11 is 7.16. The molecule has 0 N–H and O–H groups in total. The third-order valence-corrected chi connectivity index (χ3v) is 7.57. The lowest BCUT2D eigenvalue weighted by Crippen LogP contribution is -2.30. The van der Waals surface area contributed by atoms with Crippen molar-refractivity contribution < 1.29 is 8.42 Å². The molecule has 0 spiro atoms. The van der Waals surface area contributed by atoms with E-state index in [2.05, 4.69) is 14.7 Å². The first-order valence-corrected chi connectivity index (χ1v) is 10.6. The van der Waals surface area contributed by atoms with Gasteiger partial charge in [0.2, 0.25) is 0 Å². The summed E-state index contributed by atoms with van der Waals surface area (Å²) in [6.07, 6.45) is 0.710. The van der Waals surface area contributed by atoms with E-state index in [-0.39, 0.29) is 11.4 Å². The van der Waals surface area contributed by atoms with Crippen LogP contribution < -0.4 is 4.31 Å². The fourth-order valence-electron chi connectivity index (χ4n) is 3.31. The summed E-state index contributed by atoms with van der Waals surface area (Å²) in [5.41, 5.74) is 3.39. The first-order chi connectivity index (χ1) is 12.4. The van der Waals surface area contributed by atoms with Crippen molar-refractivity contribution in [3.8, 4) is 0 Å². The Morgan fingerprint density at radius 1 is 1.27 bits per heavy atom. The van der Waals surface area contributed by atoms with E-state index in [1.54, 1.807) is 18.5 Å². The van der Waals surface area contributed by atoms with Crippen LogP contribution >= 0.6 is 23.1 Å². The largest absolute Gasteiger partial charge is 0.268 e. The topological polar surface area (TPSA) is 81.0 Å². The van der Waals surface area contributed by atoms with Crippen molar-refractivity contribution in [1.82, 2.24) is 19.4 Å². The maximum Gasteiger partial charge on any atom is 0.268 e. The number of aromatic nitrogens is 4. The zero-order chi connectivity index (χ0) is 18.5. The highest BCUT2D eigenvalue weighted by Crippen LogP contribution is 2.34. The number of sulfonamides is 1. The van der Waals surface area contributed by atoms with Crippen molar-refractivity contribution in [3.63, 3.8) is 0 Å². The Labute approximate surface area is 160 Å². The van der Waals surface area contributed by atoms with Gasteiger partial charge in [0.15, 0.2) is 0 Å². The van der Waals surface area contributed by atoms with Gasteiger partial charge in [0.1, 0.15) is 14.9 Å². The normalized spacial score (nSPS) is 14.0. The van der Waals surface area contributed by atoms with E-state index in [4.69, 9.17) is 11.6 Å². The van der Waals surface area contributed by atoms with Crippen LogP contribution in [-0.4, -0.2) is 34.3 Å². The van der Waals surface area contributed by atoms with Gasteiger partial charge in [-0.25, -0.2) is 8.42 Å². The number of fused-ring (bicyclic) bond motifs is 1. The van der Waals surface area contributed by atoms with Gasteiger partial charge in [0, 0.05) is 18.1 Å². The maximum atomic E-state index is 13.3. The number of hydrogen-bond donors (Lipinski definition) is 0. The van der Waals surface area contributed by atoms with Gasteiger partial charge in [-0.3, -0.25) is 8.99 Å². The molecule has 3 heterocycles. The van der Waals surface area contributed by atoms with Crippen LogP contribution in [0.1, 0.15) is 22.6 Å². The number of rotatable bonds is 4. The molecule has 1 aliphatic heterocycles. The van der Waals surface area contributed by atoms with Crippen molar-refractivity contribution >= 4 is 38.8 Å². The summed E-state index contributed by atoms with van der Waals surface area (Å²) in [6, 6.07) is 7.59. The zero-order valence-corrected chi connectivity index (χ0v) is 16.6. The van der Waals surface area contributed by atoms with Crippen molar-refractivity contribution in [2.24, 2.45) is 0 Å². The number of anilines is 1. The Morgan fingerprint density at radius 3 is 2.77 bits per heavy atom. The summed E-state index contributed by atoms with van der Waals surface area (Å²) in [6.45, 7) is 4.18. The number of halogens is 1. The fraction of sp³-hybridized carbons (Fsp3) is 0.312. The van der Waals surface area contributed by atoms with E-state index < -0.39 is 10.0 Å². The molecule has 136 valence electrons. The molecule has 0 amide bonds. The second kappa shape index (κ2) is 6.33. The molecule has 0 saturated carbocycles. The number of hydrogen-bond acceptors (Lipinski definition) is 6. The molecule has 0 unspecified atom stereocenters. The maximum absolute atomic E-state index is 13.3. The molecular weight excluding hydrogens is 394 g/mol. The zero-order valence-electron chi connectivity index (χ0n) is 14.2. The molecule has 1 aromatic carbocycles. The molecule has 4 rings (SSSR count). The van der Waals surface area contributed by atoms with Gasteiger partial charge in [-0.2, -0.15) is 5.10 Å². The summed E-state index contributed by atoms with van der Waals surface area (Å²) < 4.78 is 34.1. The van der Waals surface area contributed by atoms with Gasteiger partial charge in [-0.1, -0.05) is 34.3 Å². The Morgan fingerprint density at radius 2 is 2.04 bits per heavy atom.